The van der Waals surface area contributed by atoms with Crippen LogP contribution in [0.1, 0.15) is 20.8 Å². The fraction of sp³-hybridized carbons (Fsp3) is 0.500. The molecule has 0 aliphatic carbocycles. The second-order valence-electron chi connectivity index (χ2n) is 7.37. The first-order valence-corrected chi connectivity index (χ1v) is 8.61. The molecule has 1 aliphatic rings. The first kappa shape index (κ1) is 20.5. The highest BCUT2D eigenvalue weighted by molar-refractivity contribution is 5.86. The van der Waals surface area contributed by atoms with Crippen molar-refractivity contribution in [1.29, 1.82) is 0 Å². The molecule has 3 amide bonds. The van der Waals surface area contributed by atoms with Crippen molar-refractivity contribution in [2.75, 3.05) is 26.7 Å². The molecule has 0 aromatic heterocycles. The van der Waals surface area contributed by atoms with Crippen molar-refractivity contribution < 1.29 is 23.9 Å². The van der Waals surface area contributed by atoms with E-state index in [1.165, 1.54) is 0 Å². The normalized spacial score (nSPS) is 15.8. The molecule has 0 saturated heterocycles. The van der Waals surface area contributed by atoms with Gasteiger partial charge in [-0.3, -0.25) is 30.1 Å². The average molecular weight is 378 g/mol. The molecule has 1 aromatic rings. The molecule has 0 unspecified atom stereocenters. The number of hydrogen-bond acceptors (Lipinski definition) is 6. The Hall–Kier alpha value is -2.81. The molecular formula is C18H26N4O5. The molecule has 2 rings (SSSR count). The summed E-state index contributed by atoms with van der Waals surface area (Å²) < 4.78 is 11.0. The van der Waals surface area contributed by atoms with Crippen molar-refractivity contribution in [3.05, 3.63) is 24.3 Å². The van der Waals surface area contributed by atoms with Crippen LogP contribution in [0.4, 0.5) is 0 Å². The van der Waals surface area contributed by atoms with Crippen LogP contribution in [0.5, 0.6) is 11.5 Å². The molecule has 0 spiro atoms. The maximum atomic E-state index is 12.1. The quantitative estimate of drug-likeness (QED) is 0.614. The number of hydrazine groups is 1. The Labute approximate surface area is 158 Å². The lowest BCUT2D eigenvalue weighted by Gasteiger charge is -2.25. The summed E-state index contributed by atoms with van der Waals surface area (Å²) >= 11 is 0. The summed E-state index contributed by atoms with van der Waals surface area (Å²) in [5, 5.41) is 2.81. The molecule has 3 N–H and O–H groups in total. The summed E-state index contributed by atoms with van der Waals surface area (Å²) in [5.41, 5.74) is 4.28. The second kappa shape index (κ2) is 8.72. The first-order valence-electron chi connectivity index (χ1n) is 8.61. The molecule has 1 heterocycles. The molecule has 0 bridgehead atoms. The van der Waals surface area contributed by atoms with Gasteiger partial charge >= 0.3 is 0 Å². The number of benzene rings is 1. The van der Waals surface area contributed by atoms with E-state index in [1.807, 2.05) is 20.8 Å². The Kier molecular flexibility index (Phi) is 6.62. The summed E-state index contributed by atoms with van der Waals surface area (Å²) in [5.74, 6) is -0.119. The van der Waals surface area contributed by atoms with Crippen molar-refractivity contribution in [2.24, 2.45) is 0 Å². The lowest BCUT2D eigenvalue weighted by atomic mass is 10.1. The minimum absolute atomic E-state index is 0.0472. The van der Waals surface area contributed by atoms with Crippen LogP contribution in [0, 0.1) is 0 Å². The van der Waals surface area contributed by atoms with E-state index in [1.54, 1.807) is 36.2 Å². The standard InChI is InChI=1S/C18H26N4O5/c1-18(2,3)19-15(23)9-22(4)10-16(24)20-21-17(25)14-11-26-12-7-5-6-8-13(12)27-14/h5-8,14H,9-11H2,1-4H3,(H,19,23)(H,20,24)(H,21,25)/t14-/m1/s1. The molecule has 1 atom stereocenters. The van der Waals surface area contributed by atoms with Crippen LogP contribution in [-0.4, -0.2) is 61.0 Å². The van der Waals surface area contributed by atoms with E-state index in [4.69, 9.17) is 9.47 Å². The number of fused-ring (bicyclic) bond motifs is 1. The Morgan fingerprint density at radius 2 is 1.70 bits per heavy atom. The van der Waals surface area contributed by atoms with Gasteiger partial charge in [-0.2, -0.15) is 0 Å². The Morgan fingerprint density at radius 1 is 1.07 bits per heavy atom. The van der Waals surface area contributed by atoms with Crippen LogP contribution in [0.25, 0.3) is 0 Å². The predicted molar refractivity (Wildman–Crippen MR) is 98.0 cm³/mol. The first-order chi connectivity index (χ1) is 12.6. The van der Waals surface area contributed by atoms with Gasteiger partial charge < -0.3 is 14.8 Å². The van der Waals surface area contributed by atoms with Gasteiger partial charge in [0.15, 0.2) is 11.5 Å². The Morgan fingerprint density at radius 3 is 2.37 bits per heavy atom. The molecular weight excluding hydrogens is 352 g/mol. The molecule has 27 heavy (non-hydrogen) atoms. The second-order valence-corrected chi connectivity index (χ2v) is 7.37. The third kappa shape index (κ3) is 6.78. The van der Waals surface area contributed by atoms with Crippen LogP contribution < -0.4 is 25.6 Å². The minimum atomic E-state index is -0.865. The lowest BCUT2D eigenvalue weighted by Crippen LogP contribution is -2.53. The van der Waals surface area contributed by atoms with Crippen molar-refractivity contribution in [1.82, 2.24) is 21.1 Å². The van der Waals surface area contributed by atoms with Crippen molar-refractivity contribution >= 4 is 17.7 Å². The SMILES string of the molecule is CN(CC(=O)NNC(=O)[C@H]1COc2ccccc2O1)CC(=O)NC(C)(C)C. The number of para-hydroxylation sites is 2. The summed E-state index contributed by atoms with van der Waals surface area (Å²) in [4.78, 5) is 37.4. The third-order valence-electron chi connectivity index (χ3n) is 3.47. The number of nitrogens with zero attached hydrogens (tertiary/aromatic N) is 1. The minimum Gasteiger partial charge on any atom is -0.485 e. The van der Waals surface area contributed by atoms with Crippen molar-refractivity contribution in [3.8, 4) is 11.5 Å². The van der Waals surface area contributed by atoms with Gasteiger partial charge in [0.2, 0.25) is 12.0 Å². The molecule has 1 aliphatic heterocycles. The fourth-order valence-corrected chi connectivity index (χ4v) is 2.40. The van der Waals surface area contributed by atoms with Crippen LogP contribution in [0.2, 0.25) is 0 Å². The van der Waals surface area contributed by atoms with E-state index in [9.17, 15) is 14.4 Å². The van der Waals surface area contributed by atoms with E-state index in [0.29, 0.717) is 11.5 Å². The zero-order valence-corrected chi connectivity index (χ0v) is 16.0. The molecule has 9 heteroatoms. The highest BCUT2D eigenvalue weighted by atomic mass is 16.6. The van der Waals surface area contributed by atoms with Gasteiger partial charge in [0.25, 0.3) is 11.8 Å². The predicted octanol–water partition coefficient (Wildman–Crippen LogP) is -0.180. The van der Waals surface area contributed by atoms with Gasteiger partial charge in [-0.25, -0.2) is 0 Å². The van der Waals surface area contributed by atoms with E-state index >= 15 is 0 Å². The molecule has 148 valence electrons. The molecule has 9 nitrogen and oxygen atoms in total. The van der Waals surface area contributed by atoms with Gasteiger partial charge in [-0.05, 0) is 40.0 Å². The number of carbonyl (C=O) groups excluding carboxylic acids is 3. The Balaban J connectivity index is 1.72. The summed E-state index contributed by atoms with van der Waals surface area (Å²) in [7, 11) is 1.64. The van der Waals surface area contributed by atoms with Gasteiger partial charge in [-0.15, -0.1) is 0 Å². The van der Waals surface area contributed by atoms with E-state index < -0.39 is 17.9 Å². The average Bonchev–Trinajstić information content (AvgIpc) is 2.57. The third-order valence-corrected chi connectivity index (χ3v) is 3.47. The highest BCUT2D eigenvalue weighted by Crippen LogP contribution is 2.30. The van der Waals surface area contributed by atoms with Crippen molar-refractivity contribution in [2.45, 2.75) is 32.4 Å². The molecule has 0 saturated carbocycles. The molecule has 1 aromatic carbocycles. The zero-order chi connectivity index (χ0) is 20.0. The van der Waals surface area contributed by atoms with Gasteiger partial charge in [0.1, 0.15) is 6.61 Å². The number of hydrogen-bond donors (Lipinski definition) is 3. The number of carbonyl (C=O) groups is 3. The van der Waals surface area contributed by atoms with Crippen LogP contribution in [0.3, 0.4) is 0 Å². The van der Waals surface area contributed by atoms with E-state index in [0.717, 1.165) is 0 Å². The molecule has 0 fully saturated rings. The highest BCUT2D eigenvalue weighted by Gasteiger charge is 2.27. The fourth-order valence-electron chi connectivity index (χ4n) is 2.40. The van der Waals surface area contributed by atoms with Crippen LogP contribution >= 0.6 is 0 Å². The van der Waals surface area contributed by atoms with Crippen LogP contribution in [-0.2, 0) is 14.4 Å². The largest absolute Gasteiger partial charge is 0.485 e. The van der Waals surface area contributed by atoms with E-state index in [-0.39, 0.29) is 31.1 Å². The zero-order valence-electron chi connectivity index (χ0n) is 16.0. The number of nitrogens with one attached hydrogen (secondary N) is 3. The number of ether oxygens (including phenoxy) is 2. The summed E-state index contributed by atoms with van der Waals surface area (Å²) in [6.45, 7) is 5.69. The lowest BCUT2D eigenvalue weighted by molar-refractivity contribution is -0.135. The summed E-state index contributed by atoms with van der Waals surface area (Å²) in [6.07, 6.45) is -0.865. The smallest absolute Gasteiger partial charge is 0.283 e. The topological polar surface area (TPSA) is 109 Å². The maximum Gasteiger partial charge on any atom is 0.283 e. The van der Waals surface area contributed by atoms with Crippen LogP contribution in [0.15, 0.2) is 24.3 Å². The van der Waals surface area contributed by atoms with Gasteiger partial charge in [0, 0.05) is 5.54 Å². The summed E-state index contributed by atoms with van der Waals surface area (Å²) in [6, 6.07) is 7.03. The molecule has 0 radical (unpaired) electrons. The number of amides is 3. The van der Waals surface area contributed by atoms with Crippen molar-refractivity contribution in [3.63, 3.8) is 0 Å². The number of likely N-dealkylation sites (N-methyl/N-ethyl adjacent to an activating group) is 1. The monoisotopic (exact) mass is 378 g/mol. The van der Waals surface area contributed by atoms with Gasteiger partial charge in [-0.1, -0.05) is 12.1 Å². The Bertz CT molecular complexity index is 701. The number of rotatable bonds is 5. The maximum absolute atomic E-state index is 12.1. The van der Waals surface area contributed by atoms with Gasteiger partial charge in [0.05, 0.1) is 13.1 Å². The van der Waals surface area contributed by atoms with E-state index in [2.05, 4.69) is 16.2 Å².